The van der Waals surface area contributed by atoms with E-state index in [4.69, 9.17) is 0 Å². The molecule has 0 bridgehead atoms. The summed E-state index contributed by atoms with van der Waals surface area (Å²) in [4.78, 5) is 14.8. The molecule has 1 unspecified atom stereocenters. The first-order chi connectivity index (χ1) is 12.5. The Labute approximate surface area is 155 Å². The minimum atomic E-state index is -3.43. The highest BCUT2D eigenvalue weighted by Crippen LogP contribution is 2.23. The second kappa shape index (κ2) is 8.04. The van der Waals surface area contributed by atoms with E-state index in [1.54, 1.807) is 24.3 Å². The molecule has 26 heavy (non-hydrogen) atoms. The maximum atomic E-state index is 12.6. The van der Waals surface area contributed by atoms with Crippen LogP contribution < -0.4 is 0 Å². The first-order valence-corrected chi connectivity index (χ1v) is 10.7. The highest BCUT2D eigenvalue weighted by Gasteiger charge is 2.29. The molecule has 4 nitrogen and oxygen atoms in total. The molecule has 0 aliphatic carbocycles. The first-order valence-electron chi connectivity index (χ1n) is 9.08. The molecule has 1 heterocycles. The third-order valence-corrected chi connectivity index (χ3v) is 6.71. The molecule has 0 saturated carbocycles. The average molecular weight is 372 g/mol. The van der Waals surface area contributed by atoms with Gasteiger partial charge in [0.25, 0.3) is 0 Å². The Balaban J connectivity index is 1.61. The molecule has 5 heteroatoms. The van der Waals surface area contributed by atoms with E-state index in [1.165, 1.54) is 5.56 Å². The molecule has 0 aromatic heterocycles. The largest absolute Gasteiger partial charge is 0.339 e. The zero-order valence-corrected chi connectivity index (χ0v) is 15.9. The molecule has 1 atom stereocenters. The molecule has 0 radical (unpaired) electrons. The van der Waals surface area contributed by atoms with Crippen LogP contribution in [0.3, 0.4) is 0 Å². The highest BCUT2D eigenvalue weighted by atomic mass is 32.2. The van der Waals surface area contributed by atoms with Crippen molar-refractivity contribution < 1.29 is 13.2 Å². The normalized spacial score (nSPS) is 17.4. The number of hydrogen-bond acceptors (Lipinski definition) is 3. The summed E-state index contributed by atoms with van der Waals surface area (Å²) in [6.45, 7) is 2.64. The number of hydrogen-bond donors (Lipinski definition) is 0. The Bertz CT molecular complexity index is 845. The van der Waals surface area contributed by atoms with E-state index in [-0.39, 0.29) is 29.0 Å². The maximum Gasteiger partial charge on any atom is 0.223 e. The van der Waals surface area contributed by atoms with Crippen LogP contribution in [0.15, 0.2) is 59.5 Å². The maximum absolute atomic E-state index is 12.6. The molecular weight excluding hydrogens is 346 g/mol. The predicted molar refractivity (Wildman–Crippen MR) is 103 cm³/mol. The van der Waals surface area contributed by atoms with Gasteiger partial charge in [0.15, 0.2) is 9.84 Å². The summed E-state index contributed by atoms with van der Waals surface area (Å²) >= 11 is 0. The van der Waals surface area contributed by atoms with Crippen molar-refractivity contribution in [3.05, 3.63) is 65.7 Å². The zero-order chi connectivity index (χ0) is 18.6. The smallest absolute Gasteiger partial charge is 0.223 e. The van der Waals surface area contributed by atoms with Gasteiger partial charge in [-0.1, -0.05) is 48.0 Å². The van der Waals surface area contributed by atoms with E-state index in [9.17, 15) is 13.2 Å². The van der Waals surface area contributed by atoms with E-state index >= 15 is 0 Å². The lowest BCUT2D eigenvalue weighted by Crippen LogP contribution is -2.37. The van der Waals surface area contributed by atoms with Crippen molar-refractivity contribution >= 4 is 15.7 Å². The van der Waals surface area contributed by atoms with Crippen LogP contribution in [0.1, 0.15) is 30.4 Å². The second-order valence-corrected chi connectivity index (χ2v) is 9.06. The van der Waals surface area contributed by atoms with Gasteiger partial charge in [0.2, 0.25) is 5.91 Å². The van der Waals surface area contributed by atoms with Crippen LogP contribution >= 0.6 is 0 Å². The number of carbonyl (C=O) groups excluding carboxylic acids is 1. The Kier molecular flexibility index (Phi) is 5.77. The van der Waals surface area contributed by atoms with Crippen molar-refractivity contribution in [3.63, 3.8) is 0 Å². The zero-order valence-electron chi connectivity index (χ0n) is 15.1. The molecular formula is C21H25NO3S. The fourth-order valence-corrected chi connectivity index (χ4v) is 4.72. The summed E-state index contributed by atoms with van der Waals surface area (Å²) in [6, 6.07) is 17.1. The van der Waals surface area contributed by atoms with Crippen molar-refractivity contribution in [1.82, 2.24) is 4.90 Å². The number of sulfone groups is 1. The summed E-state index contributed by atoms with van der Waals surface area (Å²) in [6.07, 6.45) is 2.83. The van der Waals surface area contributed by atoms with Crippen molar-refractivity contribution in [2.45, 2.75) is 43.5 Å². The topological polar surface area (TPSA) is 54.5 Å². The van der Waals surface area contributed by atoms with Gasteiger partial charge in [-0.25, -0.2) is 8.42 Å². The molecule has 1 aliphatic rings. The van der Waals surface area contributed by atoms with Crippen molar-refractivity contribution in [1.29, 1.82) is 0 Å². The number of rotatable bonds is 6. The van der Waals surface area contributed by atoms with Crippen LogP contribution in [0, 0.1) is 6.92 Å². The van der Waals surface area contributed by atoms with Crippen molar-refractivity contribution in [2.24, 2.45) is 0 Å². The molecule has 2 aromatic carbocycles. The third-order valence-electron chi connectivity index (χ3n) is 4.98. The van der Waals surface area contributed by atoms with Gasteiger partial charge < -0.3 is 4.90 Å². The number of likely N-dealkylation sites (tertiary alicyclic amines) is 1. The van der Waals surface area contributed by atoms with Gasteiger partial charge in [0, 0.05) is 19.0 Å². The van der Waals surface area contributed by atoms with Gasteiger partial charge in [-0.2, -0.15) is 0 Å². The monoisotopic (exact) mass is 371 g/mol. The van der Waals surface area contributed by atoms with Gasteiger partial charge in [0.05, 0.1) is 10.6 Å². The lowest BCUT2D eigenvalue weighted by Gasteiger charge is -2.25. The van der Waals surface area contributed by atoms with Gasteiger partial charge in [-0.05, 0) is 43.9 Å². The molecule has 2 aromatic rings. The third kappa shape index (κ3) is 4.52. The molecule has 3 rings (SSSR count). The predicted octanol–water partition coefficient (Wildman–Crippen LogP) is 3.39. The van der Waals surface area contributed by atoms with E-state index in [0.29, 0.717) is 0 Å². The van der Waals surface area contributed by atoms with Crippen LogP contribution in [0.2, 0.25) is 0 Å². The minimum Gasteiger partial charge on any atom is -0.339 e. The van der Waals surface area contributed by atoms with E-state index < -0.39 is 9.84 Å². The van der Waals surface area contributed by atoms with Crippen LogP contribution in [0.4, 0.5) is 0 Å². The van der Waals surface area contributed by atoms with Gasteiger partial charge >= 0.3 is 0 Å². The lowest BCUT2D eigenvalue weighted by atomic mass is 10.0. The summed E-state index contributed by atoms with van der Waals surface area (Å²) in [7, 11) is -3.43. The Morgan fingerprint density at radius 3 is 2.46 bits per heavy atom. The van der Waals surface area contributed by atoms with Crippen molar-refractivity contribution in [2.75, 3.05) is 12.3 Å². The first kappa shape index (κ1) is 18.6. The van der Waals surface area contributed by atoms with Crippen LogP contribution in [-0.2, 0) is 21.1 Å². The van der Waals surface area contributed by atoms with Gasteiger partial charge in [-0.15, -0.1) is 0 Å². The molecule has 0 spiro atoms. The van der Waals surface area contributed by atoms with Crippen LogP contribution in [0.5, 0.6) is 0 Å². The molecule has 1 aliphatic heterocycles. The number of benzene rings is 2. The summed E-state index contributed by atoms with van der Waals surface area (Å²) in [5.41, 5.74) is 2.23. The Morgan fingerprint density at radius 1 is 1.08 bits per heavy atom. The lowest BCUT2D eigenvalue weighted by molar-refractivity contribution is -0.131. The minimum absolute atomic E-state index is 0.0432. The van der Waals surface area contributed by atoms with Gasteiger partial charge in [-0.3, -0.25) is 4.79 Å². The highest BCUT2D eigenvalue weighted by molar-refractivity contribution is 7.91. The molecule has 1 amide bonds. The van der Waals surface area contributed by atoms with E-state index in [2.05, 4.69) is 12.1 Å². The molecule has 1 saturated heterocycles. The second-order valence-electron chi connectivity index (χ2n) is 6.95. The number of aryl methyl sites for hydroxylation is 1. The molecule has 138 valence electrons. The van der Waals surface area contributed by atoms with E-state index in [0.717, 1.165) is 31.4 Å². The summed E-state index contributed by atoms with van der Waals surface area (Å²) in [5.74, 6) is -0.192. The fraction of sp³-hybridized carbons (Fsp3) is 0.381. The fourth-order valence-electron chi connectivity index (χ4n) is 3.49. The van der Waals surface area contributed by atoms with Gasteiger partial charge in [0.1, 0.15) is 0 Å². The Morgan fingerprint density at radius 2 is 1.77 bits per heavy atom. The van der Waals surface area contributed by atoms with Crippen molar-refractivity contribution in [3.8, 4) is 0 Å². The number of carbonyl (C=O) groups is 1. The molecule has 1 fully saturated rings. The number of amides is 1. The van der Waals surface area contributed by atoms with E-state index in [1.807, 2.05) is 30.0 Å². The summed E-state index contributed by atoms with van der Waals surface area (Å²) < 4.78 is 24.9. The Hall–Kier alpha value is -2.14. The standard InChI is InChI=1S/C21H25NO3S/c1-17-9-11-20(12-10-17)26(24,25)15-13-21(23)22-14-5-8-19(22)16-18-6-3-2-4-7-18/h2-4,6-7,9-12,19H,5,8,13-16H2,1H3. The quantitative estimate of drug-likeness (QED) is 0.782. The summed E-state index contributed by atoms with van der Waals surface area (Å²) in [5, 5.41) is 0. The SMILES string of the molecule is Cc1ccc(S(=O)(=O)CCC(=O)N2CCCC2Cc2ccccc2)cc1. The molecule has 0 N–H and O–H groups in total. The number of nitrogens with zero attached hydrogens (tertiary/aromatic N) is 1. The average Bonchev–Trinajstić information content (AvgIpc) is 3.09. The van der Waals surface area contributed by atoms with Crippen LogP contribution in [0.25, 0.3) is 0 Å². The van der Waals surface area contributed by atoms with Crippen LogP contribution in [-0.4, -0.2) is 37.6 Å².